The molecule has 0 saturated carbocycles. The number of aromatic nitrogens is 1. The van der Waals surface area contributed by atoms with Crippen molar-refractivity contribution < 1.29 is 0 Å². The summed E-state index contributed by atoms with van der Waals surface area (Å²) in [6, 6.07) is 81.8. The van der Waals surface area contributed by atoms with Gasteiger partial charge in [0.15, 0.2) is 0 Å². The summed E-state index contributed by atoms with van der Waals surface area (Å²) in [5.74, 6) is 0. The molecular formula is C68H54N2. The normalized spacial score (nSPS) is 13.8. The molecule has 0 N–H and O–H groups in total. The van der Waals surface area contributed by atoms with Crippen LogP contribution in [0.15, 0.2) is 218 Å². The van der Waals surface area contributed by atoms with Crippen LogP contribution in [-0.2, 0) is 10.8 Å². The highest BCUT2D eigenvalue weighted by Gasteiger charge is 2.37. The van der Waals surface area contributed by atoms with Crippen LogP contribution in [0.1, 0.15) is 61.1 Å². The van der Waals surface area contributed by atoms with Crippen LogP contribution in [0.4, 0.5) is 17.1 Å². The lowest BCUT2D eigenvalue weighted by atomic mass is 9.82. The molecule has 2 heteroatoms. The van der Waals surface area contributed by atoms with E-state index in [2.05, 4.69) is 269 Å². The largest absolute Gasteiger partial charge is 0.310 e. The summed E-state index contributed by atoms with van der Waals surface area (Å²) in [5, 5.41) is 2.55. The van der Waals surface area contributed by atoms with Crippen LogP contribution >= 0.6 is 0 Å². The average molecular weight is 899 g/mol. The second-order valence-electron chi connectivity index (χ2n) is 20.8. The molecule has 0 fully saturated rings. The highest BCUT2D eigenvalue weighted by molar-refractivity contribution is 6.13. The van der Waals surface area contributed by atoms with E-state index in [1.165, 1.54) is 111 Å². The Labute approximate surface area is 411 Å². The van der Waals surface area contributed by atoms with Gasteiger partial charge in [0.1, 0.15) is 0 Å². The quantitative estimate of drug-likeness (QED) is 0.155. The van der Waals surface area contributed by atoms with Gasteiger partial charge >= 0.3 is 0 Å². The maximum atomic E-state index is 2.48. The van der Waals surface area contributed by atoms with Gasteiger partial charge in [-0.3, -0.25) is 0 Å². The molecule has 0 atom stereocenters. The molecule has 2 aliphatic carbocycles. The maximum absolute atomic E-state index is 2.48. The Morgan fingerprint density at radius 2 is 0.729 bits per heavy atom. The number of nitrogens with zero attached hydrogens (tertiary/aromatic N) is 2. The molecule has 0 aliphatic heterocycles. The van der Waals surface area contributed by atoms with Crippen LogP contribution in [-0.4, -0.2) is 4.57 Å². The van der Waals surface area contributed by atoms with E-state index in [0.717, 1.165) is 22.7 Å². The Bertz CT molecular complexity index is 3850. The van der Waals surface area contributed by atoms with Crippen molar-refractivity contribution >= 4 is 38.9 Å². The van der Waals surface area contributed by atoms with Crippen molar-refractivity contribution in [1.82, 2.24) is 4.57 Å². The molecule has 2 nitrogen and oxygen atoms in total. The van der Waals surface area contributed by atoms with Gasteiger partial charge in [-0.2, -0.15) is 0 Å². The van der Waals surface area contributed by atoms with E-state index >= 15 is 0 Å². The van der Waals surface area contributed by atoms with E-state index in [9.17, 15) is 0 Å². The number of aryl methyl sites for hydroxylation is 2. The molecule has 0 radical (unpaired) electrons. The van der Waals surface area contributed by atoms with Crippen LogP contribution in [0, 0.1) is 13.8 Å². The van der Waals surface area contributed by atoms with Gasteiger partial charge in [-0.05, 0) is 165 Å². The second-order valence-corrected chi connectivity index (χ2v) is 20.8. The molecular weight excluding hydrogens is 845 g/mol. The fraction of sp³-hybridized carbons (Fsp3) is 0.118. The molecule has 13 rings (SSSR count). The number of anilines is 3. The van der Waals surface area contributed by atoms with E-state index in [1.807, 2.05) is 0 Å². The summed E-state index contributed by atoms with van der Waals surface area (Å²) < 4.78 is 2.48. The van der Waals surface area contributed by atoms with Gasteiger partial charge in [0.05, 0.1) is 11.0 Å². The zero-order chi connectivity index (χ0) is 47.5. The van der Waals surface area contributed by atoms with Crippen LogP contribution in [0.25, 0.3) is 83.1 Å². The summed E-state index contributed by atoms with van der Waals surface area (Å²) >= 11 is 0. The molecule has 11 aromatic rings. The second kappa shape index (κ2) is 15.7. The molecule has 0 bridgehead atoms. The van der Waals surface area contributed by atoms with Gasteiger partial charge in [0.25, 0.3) is 0 Å². The van der Waals surface area contributed by atoms with E-state index in [1.54, 1.807) is 0 Å². The summed E-state index contributed by atoms with van der Waals surface area (Å²) in [4.78, 5) is 2.39. The van der Waals surface area contributed by atoms with Crippen molar-refractivity contribution in [1.29, 1.82) is 0 Å². The van der Waals surface area contributed by atoms with Gasteiger partial charge in [0.2, 0.25) is 0 Å². The van der Waals surface area contributed by atoms with E-state index in [-0.39, 0.29) is 10.8 Å². The first kappa shape index (κ1) is 41.9. The lowest BCUT2D eigenvalue weighted by Crippen LogP contribution is -2.16. The van der Waals surface area contributed by atoms with Crippen molar-refractivity contribution in [3.05, 3.63) is 252 Å². The lowest BCUT2D eigenvalue weighted by Gasteiger charge is -2.28. The molecule has 1 heterocycles. The standard InChI is InChI=1S/C68H54N2/c1-43-15-19-49(20-16-43)50-29-38-65-59(39-50)60-41-58-56-12-8-10-14-62(56)68(5,6)64(58)42-66(60)70(65)53-34-27-48(28-35-53)46-23-21-45(22-24-46)47-25-32-52(33-26-47)69(51-30-17-44(2)18-31-51)54-36-37-57-55-11-7-9-13-61(55)67(3,4)63(57)40-54/h7-42H,1-6H3. The van der Waals surface area contributed by atoms with Gasteiger partial charge in [-0.25, -0.2) is 0 Å². The van der Waals surface area contributed by atoms with E-state index < -0.39 is 0 Å². The molecule has 70 heavy (non-hydrogen) atoms. The smallest absolute Gasteiger partial charge is 0.0544 e. The predicted molar refractivity (Wildman–Crippen MR) is 296 cm³/mol. The Morgan fingerprint density at radius 1 is 0.314 bits per heavy atom. The molecule has 0 spiro atoms. The number of rotatable bonds is 7. The molecule has 0 saturated heterocycles. The first-order chi connectivity index (χ1) is 34.0. The molecule has 0 unspecified atom stereocenters. The highest BCUT2D eigenvalue weighted by Crippen LogP contribution is 2.53. The van der Waals surface area contributed by atoms with Crippen molar-refractivity contribution in [2.24, 2.45) is 0 Å². The fourth-order valence-electron chi connectivity index (χ4n) is 11.9. The lowest BCUT2D eigenvalue weighted by molar-refractivity contribution is 0.660. The topological polar surface area (TPSA) is 8.17 Å². The number of hydrogen-bond donors (Lipinski definition) is 0. The fourth-order valence-corrected chi connectivity index (χ4v) is 11.9. The average Bonchev–Trinajstić information content (AvgIpc) is 3.92. The summed E-state index contributed by atoms with van der Waals surface area (Å²) in [5.41, 5.74) is 27.5. The SMILES string of the molecule is Cc1ccc(-c2ccc3c(c2)c2cc4c(cc2n3-c2ccc(-c3ccc(-c5ccc(N(c6ccc(C)cc6)c6ccc7c(c6)C(C)(C)c6ccccc6-7)cc5)cc3)cc2)C(C)(C)c2ccccc2-4)cc1. The molecule has 0 amide bonds. The third-order valence-corrected chi connectivity index (χ3v) is 15.8. The molecule has 336 valence electrons. The number of hydrogen-bond acceptors (Lipinski definition) is 1. The molecule has 1 aromatic heterocycles. The van der Waals surface area contributed by atoms with Gasteiger partial charge in [-0.15, -0.1) is 0 Å². The van der Waals surface area contributed by atoms with Crippen molar-refractivity contribution in [3.63, 3.8) is 0 Å². The molecule has 2 aliphatic rings. The van der Waals surface area contributed by atoms with Crippen molar-refractivity contribution in [2.75, 3.05) is 4.90 Å². The van der Waals surface area contributed by atoms with Gasteiger partial charge in [-0.1, -0.05) is 184 Å². The Hall–Kier alpha value is -8.20. The Kier molecular flexibility index (Phi) is 9.39. The minimum absolute atomic E-state index is 0.0789. The third-order valence-electron chi connectivity index (χ3n) is 15.8. The minimum atomic E-state index is -0.0948. The Balaban J connectivity index is 0.822. The third kappa shape index (κ3) is 6.54. The van der Waals surface area contributed by atoms with Gasteiger partial charge in [0, 0.05) is 44.4 Å². The van der Waals surface area contributed by atoms with Crippen LogP contribution in [0.5, 0.6) is 0 Å². The van der Waals surface area contributed by atoms with Crippen molar-refractivity contribution in [2.45, 2.75) is 52.4 Å². The number of fused-ring (bicyclic) bond motifs is 9. The highest BCUT2D eigenvalue weighted by atomic mass is 15.1. The number of benzene rings is 10. The maximum Gasteiger partial charge on any atom is 0.0544 e. The minimum Gasteiger partial charge on any atom is -0.310 e. The van der Waals surface area contributed by atoms with E-state index in [4.69, 9.17) is 0 Å². The van der Waals surface area contributed by atoms with Gasteiger partial charge < -0.3 is 9.47 Å². The molecule has 10 aromatic carbocycles. The van der Waals surface area contributed by atoms with E-state index in [0.29, 0.717) is 0 Å². The Morgan fingerprint density at radius 3 is 1.33 bits per heavy atom. The van der Waals surface area contributed by atoms with Crippen LogP contribution in [0.3, 0.4) is 0 Å². The zero-order valence-electron chi connectivity index (χ0n) is 40.7. The first-order valence-electron chi connectivity index (χ1n) is 24.7. The predicted octanol–water partition coefficient (Wildman–Crippen LogP) is 18.5. The summed E-state index contributed by atoms with van der Waals surface area (Å²) in [6.07, 6.45) is 0. The summed E-state index contributed by atoms with van der Waals surface area (Å²) in [7, 11) is 0. The van der Waals surface area contributed by atoms with Crippen molar-refractivity contribution in [3.8, 4) is 61.3 Å². The first-order valence-corrected chi connectivity index (χ1v) is 24.7. The monoisotopic (exact) mass is 898 g/mol. The van der Waals surface area contributed by atoms with Crippen LogP contribution < -0.4 is 4.90 Å². The van der Waals surface area contributed by atoms with Crippen LogP contribution in [0.2, 0.25) is 0 Å². The summed E-state index contributed by atoms with van der Waals surface area (Å²) in [6.45, 7) is 13.7. The zero-order valence-corrected chi connectivity index (χ0v) is 40.7.